The molecule has 5 nitrogen and oxygen atoms in total. The van der Waals surface area contributed by atoms with Gasteiger partial charge >= 0.3 is 11.9 Å². The maximum Gasteiger partial charge on any atom is 0.396 e. The third-order valence-electron chi connectivity index (χ3n) is 1.61. The molecule has 1 amide bonds. The smallest absolute Gasteiger partial charge is 0.396 e. The van der Waals surface area contributed by atoms with Gasteiger partial charge < -0.3 is 14.5 Å². The molecule has 5 heteroatoms. The third-order valence-corrected chi connectivity index (χ3v) is 1.61. The van der Waals surface area contributed by atoms with Gasteiger partial charge in [0.25, 0.3) is 0 Å². The predicted octanol–water partition coefficient (Wildman–Crippen LogP) is 0.111. The molecule has 0 aliphatic carbocycles. The minimum absolute atomic E-state index is 0.349. The zero-order chi connectivity index (χ0) is 10.4. The molecule has 0 aromatic carbocycles. The first-order chi connectivity index (χ1) is 6.74. The van der Waals surface area contributed by atoms with Crippen LogP contribution in [0.15, 0.2) is 22.8 Å². The Balaban J connectivity index is 2.22. The van der Waals surface area contributed by atoms with E-state index in [2.05, 4.69) is 10.1 Å². The molecule has 76 valence electrons. The molecule has 0 aliphatic heterocycles. The quantitative estimate of drug-likeness (QED) is 0.551. The van der Waals surface area contributed by atoms with Gasteiger partial charge in [-0.2, -0.15) is 0 Å². The van der Waals surface area contributed by atoms with Gasteiger partial charge in [-0.15, -0.1) is 0 Å². The summed E-state index contributed by atoms with van der Waals surface area (Å²) in [5.74, 6) is -0.862. The minimum atomic E-state index is -0.885. The lowest BCUT2D eigenvalue weighted by Gasteiger charge is -2.01. The van der Waals surface area contributed by atoms with Crippen molar-refractivity contribution >= 4 is 11.9 Å². The van der Waals surface area contributed by atoms with Gasteiger partial charge in [-0.1, -0.05) is 0 Å². The molecule has 0 saturated heterocycles. The number of carbonyl (C=O) groups is 2. The Kier molecular flexibility index (Phi) is 3.72. The van der Waals surface area contributed by atoms with Crippen LogP contribution in [0.2, 0.25) is 0 Å². The maximum atomic E-state index is 10.9. The molecule has 0 atom stereocenters. The van der Waals surface area contributed by atoms with E-state index in [9.17, 15) is 9.59 Å². The monoisotopic (exact) mass is 197 g/mol. The highest BCUT2D eigenvalue weighted by molar-refractivity contribution is 6.32. The highest BCUT2D eigenvalue weighted by Crippen LogP contribution is 1.99. The molecule has 1 heterocycles. The number of nitrogens with one attached hydrogen (secondary N) is 1. The van der Waals surface area contributed by atoms with E-state index in [1.54, 1.807) is 18.4 Å². The predicted molar refractivity (Wildman–Crippen MR) is 47.4 cm³/mol. The van der Waals surface area contributed by atoms with Crippen molar-refractivity contribution in [3.63, 3.8) is 0 Å². The average Bonchev–Trinajstić information content (AvgIpc) is 2.69. The fourth-order valence-electron chi connectivity index (χ4n) is 0.919. The molecular formula is C9H11NO4. The van der Waals surface area contributed by atoms with Crippen LogP contribution in [0.25, 0.3) is 0 Å². The maximum absolute atomic E-state index is 10.9. The summed E-state index contributed by atoms with van der Waals surface area (Å²) < 4.78 is 9.26. The van der Waals surface area contributed by atoms with Gasteiger partial charge in [0.1, 0.15) is 5.76 Å². The van der Waals surface area contributed by atoms with E-state index in [1.165, 1.54) is 0 Å². The molecule has 0 radical (unpaired) electrons. The number of ether oxygens (including phenoxy) is 1. The van der Waals surface area contributed by atoms with Crippen LogP contribution >= 0.6 is 0 Å². The topological polar surface area (TPSA) is 68.5 Å². The lowest BCUT2D eigenvalue weighted by molar-refractivity contribution is -0.152. The lowest BCUT2D eigenvalue weighted by Crippen LogP contribution is -2.33. The van der Waals surface area contributed by atoms with Crippen molar-refractivity contribution in [2.45, 2.75) is 6.42 Å². The molecule has 0 spiro atoms. The fourth-order valence-corrected chi connectivity index (χ4v) is 0.919. The van der Waals surface area contributed by atoms with E-state index in [-0.39, 0.29) is 0 Å². The van der Waals surface area contributed by atoms with Crippen LogP contribution in [-0.2, 0) is 20.7 Å². The molecule has 0 saturated carbocycles. The van der Waals surface area contributed by atoms with Crippen LogP contribution in [0.1, 0.15) is 5.76 Å². The number of methoxy groups -OCH3 is 1. The summed E-state index contributed by atoms with van der Waals surface area (Å²) in [6, 6.07) is 3.56. The van der Waals surface area contributed by atoms with Gasteiger partial charge in [0, 0.05) is 13.0 Å². The van der Waals surface area contributed by atoms with Crippen LogP contribution in [0.3, 0.4) is 0 Å². The van der Waals surface area contributed by atoms with Gasteiger partial charge in [-0.25, -0.2) is 4.79 Å². The van der Waals surface area contributed by atoms with E-state index >= 15 is 0 Å². The number of hydrogen-bond acceptors (Lipinski definition) is 4. The first kappa shape index (κ1) is 10.3. The molecular weight excluding hydrogens is 186 g/mol. The second-order valence-corrected chi connectivity index (χ2v) is 2.58. The standard InChI is InChI=1S/C9H11NO4/c1-13-9(12)8(11)10-5-4-7-3-2-6-14-7/h2-3,6H,4-5H2,1H3,(H,10,11). The molecule has 0 fully saturated rings. The third kappa shape index (κ3) is 2.93. The number of esters is 1. The Morgan fingerprint density at radius 2 is 2.36 bits per heavy atom. The Labute approximate surface area is 81.0 Å². The van der Waals surface area contributed by atoms with Gasteiger partial charge in [-0.3, -0.25) is 4.79 Å². The number of amides is 1. The SMILES string of the molecule is COC(=O)C(=O)NCCc1ccco1. The summed E-state index contributed by atoms with van der Waals surface area (Å²) in [4.78, 5) is 21.5. The molecule has 1 N–H and O–H groups in total. The number of rotatable bonds is 3. The Bertz CT molecular complexity index is 305. The number of carbonyl (C=O) groups excluding carboxylic acids is 2. The molecule has 1 rings (SSSR count). The van der Waals surface area contributed by atoms with E-state index in [4.69, 9.17) is 4.42 Å². The highest BCUT2D eigenvalue weighted by atomic mass is 16.5. The van der Waals surface area contributed by atoms with Crippen molar-refractivity contribution in [2.24, 2.45) is 0 Å². The van der Waals surface area contributed by atoms with E-state index < -0.39 is 11.9 Å². The van der Waals surface area contributed by atoms with Crippen LogP contribution in [0, 0.1) is 0 Å². The summed E-state index contributed by atoms with van der Waals surface area (Å²) in [6.07, 6.45) is 2.10. The Morgan fingerprint density at radius 3 is 2.93 bits per heavy atom. The molecule has 0 bridgehead atoms. The van der Waals surface area contributed by atoms with Crippen molar-refractivity contribution < 1.29 is 18.7 Å². The fraction of sp³-hybridized carbons (Fsp3) is 0.333. The first-order valence-corrected chi connectivity index (χ1v) is 4.12. The Morgan fingerprint density at radius 1 is 1.57 bits per heavy atom. The van der Waals surface area contributed by atoms with Gasteiger partial charge in [0.2, 0.25) is 0 Å². The van der Waals surface area contributed by atoms with Gasteiger partial charge in [0.05, 0.1) is 13.4 Å². The summed E-state index contributed by atoms with van der Waals surface area (Å²) in [5, 5.41) is 2.40. The van der Waals surface area contributed by atoms with Crippen molar-refractivity contribution in [1.29, 1.82) is 0 Å². The molecule has 1 aromatic rings. The van der Waals surface area contributed by atoms with Gasteiger partial charge in [0.15, 0.2) is 0 Å². The van der Waals surface area contributed by atoms with Crippen LogP contribution in [0.4, 0.5) is 0 Å². The second-order valence-electron chi connectivity index (χ2n) is 2.58. The molecule has 1 aromatic heterocycles. The van der Waals surface area contributed by atoms with Crippen molar-refractivity contribution in [2.75, 3.05) is 13.7 Å². The lowest BCUT2D eigenvalue weighted by atomic mass is 10.3. The Hall–Kier alpha value is -1.78. The second kappa shape index (κ2) is 5.06. The van der Waals surface area contributed by atoms with E-state index in [1.807, 2.05) is 0 Å². The highest BCUT2D eigenvalue weighted by Gasteiger charge is 2.12. The summed E-state index contributed by atoms with van der Waals surface area (Å²) >= 11 is 0. The molecule has 0 unspecified atom stereocenters. The van der Waals surface area contributed by atoms with E-state index in [0.717, 1.165) is 12.9 Å². The summed E-state index contributed by atoms with van der Waals surface area (Å²) in [6.45, 7) is 0.349. The minimum Gasteiger partial charge on any atom is -0.469 e. The van der Waals surface area contributed by atoms with Crippen LogP contribution in [0.5, 0.6) is 0 Å². The van der Waals surface area contributed by atoms with Crippen LogP contribution < -0.4 is 5.32 Å². The number of furan rings is 1. The van der Waals surface area contributed by atoms with E-state index in [0.29, 0.717) is 13.0 Å². The van der Waals surface area contributed by atoms with Crippen molar-refractivity contribution in [3.05, 3.63) is 24.2 Å². The first-order valence-electron chi connectivity index (χ1n) is 4.12. The molecule has 14 heavy (non-hydrogen) atoms. The van der Waals surface area contributed by atoms with Crippen molar-refractivity contribution in [3.8, 4) is 0 Å². The average molecular weight is 197 g/mol. The number of hydrogen-bond donors (Lipinski definition) is 1. The largest absolute Gasteiger partial charge is 0.469 e. The van der Waals surface area contributed by atoms with Crippen molar-refractivity contribution in [1.82, 2.24) is 5.32 Å². The van der Waals surface area contributed by atoms with Crippen LogP contribution in [-0.4, -0.2) is 25.5 Å². The normalized spacial score (nSPS) is 9.50. The summed E-state index contributed by atoms with van der Waals surface area (Å²) in [7, 11) is 1.16. The zero-order valence-electron chi connectivity index (χ0n) is 7.78. The summed E-state index contributed by atoms with van der Waals surface area (Å²) in [5.41, 5.74) is 0. The zero-order valence-corrected chi connectivity index (χ0v) is 7.78. The van der Waals surface area contributed by atoms with Gasteiger partial charge in [-0.05, 0) is 12.1 Å². The molecule has 0 aliphatic rings.